The fourth-order valence-electron chi connectivity index (χ4n) is 3.34. The van der Waals surface area contributed by atoms with E-state index in [1.54, 1.807) is 12.1 Å². The van der Waals surface area contributed by atoms with Crippen molar-refractivity contribution in [2.75, 3.05) is 18.8 Å². The second-order valence-electron chi connectivity index (χ2n) is 5.76. The molecule has 1 amide bonds. The quantitative estimate of drug-likeness (QED) is 0.814. The van der Waals surface area contributed by atoms with Crippen molar-refractivity contribution in [2.45, 2.75) is 37.8 Å². The first kappa shape index (κ1) is 13.9. The summed E-state index contributed by atoms with van der Waals surface area (Å²) in [7, 11) is 0. The first-order valence-electron chi connectivity index (χ1n) is 7.23. The second kappa shape index (κ2) is 5.74. The molecule has 2 unspecified atom stereocenters. The zero-order valence-electron chi connectivity index (χ0n) is 11.4. The predicted molar refractivity (Wildman–Crippen MR) is 83.6 cm³/mol. The van der Waals surface area contributed by atoms with E-state index in [1.807, 2.05) is 6.07 Å². The Kier molecular flexibility index (Phi) is 3.98. The number of nitrogens with two attached hydrogens (primary N) is 1. The number of benzene rings is 1. The Morgan fingerprint density at radius 3 is 3.05 bits per heavy atom. The molecule has 2 aliphatic rings. The van der Waals surface area contributed by atoms with Crippen molar-refractivity contribution < 1.29 is 4.79 Å². The Morgan fingerprint density at radius 1 is 1.35 bits per heavy atom. The Morgan fingerprint density at radius 2 is 2.20 bits per heavy atom. The minimum absolute atomic E-state index is 0.0553. The van der Waals surface area contributed by atoms with Crippen molar-refractivity contribution in [3.05, 3.63) is 28.2 Å². The third kappa shape index (κ3) is 2.83. The molecule has 0 spiro atoms. The van der Waals surface area contributed by atoms with E-state index in [0.717, 1.165) is 23.9 Å². The van der Waals surface area contributed by atoms with Crippen LogP contribution in [-0.2, 0) is 0 Å². The van der Waals surface area contributed by atoms with Crippen LogP contribution in [-0.4, -0.2) is 36.0 Å². The van der Waals surface area contributed by atoms with Crippen LogP contribution in [0.4, 0.5) is 5.69 Å². The molecule has 2 atom stereocenters. The van der Waals surface area contributed by atoms with E-state index in [2.05, 4.69) is 26.1 Å². The van der Waals surface area contributed by atoms with Crippen LogP contribution in [0.25, 0.3) is 0 Å². The minimum Gasteiger partial charge on any atom is -0.398 e. The fourth-order valence-corrected chi connectivity index (χ4v) is 3.70. The van der Waals surface area contributed by atoms with Crippen LogP contribution >= 0.6 is 15.9 Å². The molecule has 2 heterocycles. The van der Waals surface area contributed by atoms with Gasteiger partial charge in [0, 0.05) is 28.8 Å². The summed E-state index contributed by atoms with van der Waals surface area (Å²) in [5, 5.41) is 3.15. The molecule has 0 saturated carbocycles. The number of nitrogen functional groups attached to an aromatic ring is 1. The van der Waals surface area contributed by atoms with Gasteiger partial charge in [-0.15, -0.1) is 0 Å². The van der Waals surface area contributed by atoms with Gasteiger partial charge in [0.2, 0.25) is 0 Å². The molecule has 4 nitrogen and oxygen atoms in total. The Balaban J connectivity index is 1.65. The van der Waals surface area contributed by atoms with Crippen LogP contribution in [0.2, 0.25) is 0 Å². The smallest absolute Gasteiger partial charge is 0.253 e. The number of nitrogens with zero attached hydrogens (tertiary/aromatic N) is 1. The van der Waals surface area contributed by atoms with Crippen molar-refractivity contribution in [1.29, 1.82) is 0 Å². The van der Waals surface area contributed by atoms with Gasteiger partial charge < -0.3 is 16.0 Å². The van der Waals surface area contributed by atoms with Crippen LogP contribution in [0.15, 0.2) is 22.7 Å². The van der Waals surface area contributed by atoms with Gasteiger partial charge in [0.15, 0.2) is 0 Å². The molecule has 1 aromatic rings. The van der Waals surface area contributed by atoms with E-state index >= 15 is 0 Å². The van der Waals surface area contributed by atoms with Crippen LogP contribution in [0.3, 0.4) is 0 Å². The lowest BCUT2D eigenvalue weighted by Crippen LogP contribution is -2.47. The predicted octanol–water partition coefficient (Wildman–Crippen LogP) is 2.39. The first-order valence-corrected chi connectivity index (χ1v) is 8.03. The van der Waals surface area contributed by atoms with Crippen LogP contribution < -0.4 is 11.1 Å². The first-order chi connectivity index (χ1) is 9.63. The summed E-state index contributed by atoms with van der Waals surface area (Å²) in [5.41, 5.74) is 6.99. The number of fused-ring (bicyclic) bond motifs is 1. The molecule has 2 aliphatic heterocycles. The van der Waals surface area contributed by atoms with Gasteiger partial charge in [-0.25, -0.2) is 0 Å². The highest BCUT2D eigenvalue weighted by atomic mass is 79.9. The Hall–Kier alpha value is -1.07. The summed E-state index contributed by atoms with van der Waals surface area (Å²) in [4.78, 5) is 14.9. The fraction of sp³-hybridized carbons (Fsp3) is 0.533. The lowest BCUT2D eigenvalue weighted by molar-refractivity contribution is 0.0897. The van der Waals surface area contributed by atoms with E-state index in [0.29, 0.717) is 17.3 Å². The number of piperidine rings is 1. The molecule has 0 aromatic heterocycles. The average Bonchev–Trinajstić information content (AvgIpc) is 2.89. The summed E-state index contributed by atoms with van der Waals surface area (Å²) in [6.07, 6.45) is 4.67. The van der Waals surface area contributed by atoms with E-state index in [1.165, 1.54) is 19.4 Å². The highest BCUT2D eigenvalue weighted by Crippen LogP contribution is 2.27. The summed E-state index contributed by atoms with van der Waals surface area (Å²) < 4.78 is 0.877. The van der Waals surface area contributed by atoms with Gasteiger partial charge in [-0.2, -0.15) is 0 Å². The molecular weight excluding hydrogens is 318 g/mol. The van der Waals surface area contributed by atoms with Gasteiger partial charge in [0.25, 0.3) is 5.91 Å². The Bertz CT molecular complexity index is 520. The van der Waals surface area contributed by atoms with Crippen LogP contribution in [0, 0.1) is 0 Å². The van der Waals surface area contributed by atoms with Crippen molar-refractivity contribution in [2.24, 2.45) is 0 Å². The third-order valence-electron chi connectivity index (χ3n) is 4.42. The molecule has 1 aromatic carbocycles. The van der Waals surface area contributed by atoms with Crippen molar-refractivity contribution >= 4 is 27.5 Å². The molecular formula is C15H20BrN3O. The van der Waals surface area contributed by atoms with Crippen molar-refractivity contribution in [3.63, 3.8) is 0 Å². The highest BCUT2D eigenvalue weighted by molar-refractivity contribution is 9.10. The lowest BCUT2D eigenvalue weighted by Gasteiger charge is -2.35. The summed E-state index contributed by atoms with van der Waals surface area (Å²) in [6.45, 7) is 2.33. The van der Waals surface area contributed by atoms with Gasteiger partial charge in [-0.05, 0) is 50.4 Å². The van der Waals surface area contributed by atoms with E-state index in [9.17, 15) is 4.79 Å². The number of anilines is 1. The molecule has 108 valence electrons. The van der Waals surface area contributed by atoms with E-state index in [4.69, 9.17) is 5.73 Å². The maximum atomic E-state index is 12.4. The number of hydrogen-bond acceptors (Lipinski definition) is 3. The van der Waals surface area contributed by atoms with Crippen LogP contribution in [0.5, 0.6) is 0 Å². The highest BCUT2D eigenvalue weighted by Gasteiger charge is 2.32. The monoisotopic (exact) mass is 337 g/mol. The molecule has 0 radical (unpaired) electrons. The largest absolute Gasteiger partial charge is 0.398 e. The maximum absolute atomic E-state index is 12.4. The number of halogens is 1. The topological polar surface area (TPSA) is 58.4 Å². The van der Waals surface area contributed by atoms with Crippen LogP contribution in [0.1, 0.15) is 36.0 Å². The summed E-state index contributed by atoms with van der Waals surface area (Å²) in [5.74, 6) is -0.0553. The minimum atomic E-state index is -0.0553. The second-order valence-corrected chi connectivity index (χ2v) is 6.67. The molecule has 0 bridgehead atoms. The molecule has 0 aliphatic carbocycles. The molecule has 20 heavy (non-hydrogen) atoms. The SMILES string of the molecule is Nc1ccc(Br)cc1C(=O)NC1CCN2CCCC2C1. The number of rotatable bonds is 2. The Labute approximate surface area is 127 Å². The zero-order valence-corrected chi connectivity index (χ0v) is 13.0. The maximum Gasteiger partial charge on any atom is 0.253 e. The summed E-state index contributed by atoms with van der Waals surface area (Å²) in [6, 6.07) is 6.34. The van der Waals surface area contributed by atoms with Gasteiger partial charge in [-0.3, -0.25) is 4.79 Å². The third-order valence-corrected chi connectivity index (χ3v) is 4.91. The number of hydrogen-bond donors (Lipinski definition) is 2. The van der Waals surface area contributed by atoms with E-state index in [-0.39, 0.29) is 11.9 Å². The zero-order chi connectivity index (χ0) is 14.1. The lowest BCUT2D eigenvalue weighted by atomic mass is 9.97. The molecule has 2 fully saturated rings. The molecule has 3 rings (SSSR count). The standard InChI is InChI=1S/C15H20BrN3O/c16-10-3-4-14(17)13(8-10)15(20)18-11-5-7-19-6-1-2-12(19)9-11/h3-4,8,11-12H,1-2,5-7,9,17H2,(H,18,20). The normalized spacial score (nSPS) is 26.2. The molecule has 3 N–H and O–H groups in total. The van der Waals surface area contributed by atoms with Gasteiger partial charge in [0.1, 0.15) is 0 Å². The van der Waals surface area contributed by atoms with E-state index < -0.39 is 0 Å². The molecule has 5 heteroatoms. The van der Waals surface area contributed by atoms with Gasteiger partial charge in [-0.1, -0.05) is 15.9 Å². The van der Waals surface area contributed by atoms with Crippen molar-refractivity contribution in [3.8, 4) is 0 Å². The number of carbonyl (C=O) groups excluding carboxylic acids is 1. The molecule has 2 saturated heterocycles. The number of amides is 1. The number of nitrogens with one attached hydrogen (secondary N) is 1. The van der Waals surface area contributed by atoms with Gasteiger partial charge >= 0.3 is 0 Å². The average molecular weight is 338 g/mol. The number of carbonyl (C=O) groups is 1. The van der Waals surface area contributed by atoms with Crippen molar-refractivity contribution in [1.82, 2.24) is 10.2 Å². The van der Waals surface area contributed by atoms with Gasteiger partial charge in [0.05, 0.1) is 5.56 Å². The summed E-state index contributed by atoms with van der Waals surface area (Å²) >= 11 is 3.38.